The summed E-state index contributed by atoms with van der Waals surface area (Å²) >= 11 is 0. The highest BCUT2D eigenvalue weighted by Gasteiger charge is 2.32. The van der Waals surface area contributed by atoms with Gasteiger partial charge in [-0.1, -0.05) is 0 Å². The van der Waals surface area contributed by atoms with Crippen LogP contribution >= 0.6 is 0 Å². The number of amides is 2. The van der Waals surface area contributed by atoms with E-state index in [0.29, 0.717) is 25.9 Å². The van der Waals surface area contributed by atoms with Gasteiger partial charge < -0.3 is 10.6 Å². The first kappa shape index (κ1) is 13.8. The van der Waals surface area contributed by atoms with Crippen LogP contribution in [0.15, 0.2) is 29.2 Å². The molecule has 1 aromatic carbocycles. The van der Waals surface area contributed by atoms with Gasteiger partial charge in [-0.25, -0.2) is 17.6 Å². The van der Waals surface area contributed by atoms with Crippen LogP contribution in [0.4, 0.5) is 9.18 Å². The second kappa shape index (κ2) is 5.16. The fraction of sp³-hybridized carbons (Fsp3) is 0.417. The van der Waals surface area contributed by atoms with Gasteiger partial charge in [-0.05, 0) is 37.1 Å². The van der Waals surface area contributed by atoms with E-state index in [0.717, 1.165) is 12.1 Å². The highest BCUT2D eigenvalue weighted by molar-refractivity contribution is 7.92. The van der Waals surface area contributed by atoms with Crippen LogP contribution in [-0.2, 0) is 9.84 Å². The Bertz CT molecular complexity index is 563. The third-order valence-electron chi connectivity index (χ3n) is 3.33. The van der Waals surface area contributed by atoms with Gasteiger partial charge in [0.2, 0.25) is 0 Å². The first-order valence-electron chi connectivity index (χ1n) is 5.95. The van der Waals surface area contributed by atoms with E-state index in [1.807, 2.05) is 0 Å². The van der Waals surface area contributed by atoms with E-state index in [2.05, 4.69) is 0 Å². The zero-order valence-electron chi connectivity index (χ0n) is 10.3. The van der Waals surface area contributed by atoms with Crippen molar-refractivity contribution in [3.8, 4) is 0 Å². The first-order valence-corrected chi connectivity index (χ1v) is 7.50. The van der Waals surface area contributed by atoms with Crippen LogP contribution in [0, 0.1) is 5.82 Å². The normalized spacial score (nSPS) is 17.4. The minimum absolute atomic E-state index is 0.117. The molecule has 0 aromatic heterocycles. The Labute approximate surface area is 111 Å². The minimum Gasteiger partial charge on any atom is -0.351 e. The number of benzene rings is 1. The number of carbonyl (C=O) groups excluding carboxylic acids is 1. The van der Waals surface area contributed by atoms with E-state index < -0.39 is 26.9 Å². The molecule has 1 heterocycles. The molecule has 2 rings (SSSR count). The Morgan fingerprint density at radius 2 is 1.74 bits per heavy atom. The smallest absolute Gasteiger partial charge is 0.314 e. The van der Waals surface area contributed by atoms with Gasteiger partial charge in [0, 0.05) is 13.1 Å². The molecule has 0 atom stereocenters. The van der Waals surface area contributed by atoms with Gasteiger partial charge in [-0.3, -0.25) is 0 Å². The summed E-state index contributed by atoms with van der Waals surface area (Å²) in [4.78, 5) is 12.5. The number of urea groups is 1. The van der Waals surface area contributed by atoms with Gasteiger partial charge in [0.05, 0.1) is 10.1 Å². The number of piperidine rings is 1. The van der Waals surface area contributed by atoms with Crippen molar-refractivity contribution in [2.24, 2.45) is 5.73 Å². The molecule has 0 aliphatic carbocycles. The predicted octanol–water partition coefficient (Wildman–Crippen LogP) is 1.14. The van der Waals surface area contributed by atoms with Crippen LogP contribution < -0.4 is 5.73 Å². The summed E-state index contributed by atoms with van der Waals surface area (Å²) in [6, 6.07) is 4.27. The van der Waals surface area contributed by atoms with Crippen LogP contribution in [0.5, 0.6) is 0 Å². The van der Waals surface area contributed by atoms with E-state index in [4.69, 9.17) is 5.73 Å². The molecule has 0 saturated carbocycles. The maximum absolute atomic E-state index is 12.8. The summed E-state index contributed by atoms with van der Waals surface area (Å²) in [6.07, 6.45) is 0.700. The lowest BCUT2D eigenvalue weighted by Gasteiger charge is -2.30. The Kier molecular flexibility index (Phi) is 3.75. The summed E-state index contributed by atoms with van der Waals surface area (Å²) in [5.74, 6) is -0.470. The molecule has 2 amide bonds. The van der Waals surface area contributed by atoms with Gasteiger partial charge in [0.15, 0.2) is 9.84 Å². The quantitative estimate of drug-likeness (QED) is 0.828. The van der Waals surface area contributed by atoms with Crippen LogP contribution in [0.1, 0.15) is 12.8 Å². The Morgan fingerprint density at radius 3 is 2.21 bits per heavy atom. The number of hydrogen-bond donors (Lipinski definition) is 1. The van der Waals surface area contributed by atoms with E-state index >= 15 is 0 Å². The first-order chi connectivity index (χ1) is 8.91. The number of sulfone groups is 1. The average Bonchev–Trinajstić information content (AvgIpc) is 2.39. The molecular formula is C12H15FN2O3S. The van der Waals surface area contributed by atoms with Crippen molar-refractivity contribution in [2.45, 2.75) is 23.0 Å². The number of carbonyl (C=O) groups is 1. The third kappa shape index (κ3) is 2.86. The molecule has 1 saturated heterocycles. The standard InChI is InChI=1S/C12H15FN2O3S/c13-9-1-3-10(4-2-9)19(17,18)11-5-7-15(8-6-11)12(14)16/h1-4,11H,5-8H2,(H2,14,16). The molecule has 1 aromatic rings. The number of nitrogens with zero attached hydrogens (tertiary/aromatic N) is 1. The van der Waals surface area contributed by atoms with Crippen molar-refractivity contribution in [1.29, 1.82) is 0 Å². The van der Waals surface area contributed by atoms with Crippen molar-refractivity contribution in [2.75, 3.05) is 13.1 Å². The molecule has 0 radical (unpaired) electrons. The summed E-state index contributed by atoms with van der Waals surface area (Å²) in [7, 11) is -3.47. The number of primary amides is 1. The third-order valence-corrected chi connectivity index (χ3v) is 5.61. The Balaban J connectivity index is 2.14. The minimum atomic E-state index is -3.47. The number of likely N-dealkylation sites (tertiary alicyclic amines) is 1. The molecule has 1 aliphatic rings. The fourth-order valence-corrected chi connectivity index (χ4v) is 3.93. The molecule has 0 unspecified atom stereocenters. The average molecular weight is 286 g/mol. The fourth-order valence-electron chi connectivity index (χ4n) is 2.20. The lowest BCUT2D eigenvalue weighted by molar-refractivity contribution is 0.196. The van der Waals surface area contributed by atoms with Crippen LogP contribution in [0.2, 0.25) is 0 Å². The van der Waals surface area contributed by atoms with Crippen LogP contribution in [0.3, 0.4) is 0 Å². The van der Waals surface area contributed by atoms with Gasteiger partial charge in [-0.15, -0.1) is 0 Å². The molecule has 1 fully saturated rings. The molecule has 0 bridgehead atoms. The van der Waals surface area contributed by atoms with E-state index in [1.54, 1.807) is 0 Å². The molecule has 104 valence electrons. The van der Waals surface area contributed by atoms with Gasteiger partial charge in [0.1, 0.15) is 5.82 Å². The van der Waals surface area contributed by atoms with Crippen molar-refractivity contribution in [3.05, 3.63) is 30.1 Å². The van der Waals surface area contributed by atoms with Gasteiger partial charge in [-0.2, -0.15) is 0 Å². The predicted molar refractivity (Wildman–Crippen MR) is 67.8 cm³/mol. The zero-order valence-corrected chi connectivity index (χ0v) is 11.1. The SMILES string of the molecule is NC(=O)N1CCC(S(=O)(=O)c2ccc(F)cc2)CC1. The largest absolute Gasteiger partial charge is 0.351 e. The lowest BCUT2D eigenvalue weighted by Crippen LogP contribution is -2.44. The van der Waals surface area contributed by atoms with Crippen LogP contribution in [-0.4, -0.2) is 37.7 Å². The van der Waals surface area contributed by atoms with Crippen molar-refractivity contribution in [3.63, 3.8) is 0 Å². The molecule has 7 heteroatoms. The Hall–Kier alpha value is -1.63. The van der Waals surface area contributed by atoms with E-state index in [1.165, 1.54) is 17.0 Å². The highest BCUT2D eigenvalue weighted by Crippen LogP contribution is 2.24. The number of rotatable bonds is 2. The van der Waals surface area contributed by atoms with Gasteiger partial charge in [0.25, 0.3) is 0 Å². The maximum Gasteiger partial charge on any atom is 0.314 e. The monoisotopic (exact) mass is 286 g/mol. The molecule has 5 nitrogen and oxygen atoms in total. The second-order valence-electron chi connectivity index (χ2n) is 4.52. The van der Waals surface area contributed by atoms with Crippen molar-refractivity contribution in [1.82, 2.24) is 4.90 Å². The summed E-state index contributed by atoms with van der Waals surface area (Å²) < 4.78 is 37.4. The van der Waals surface area contributed by atoms with Crippen molar-refractivity contribution >= 4 is 15.9 Å². The summed E-state index contributed by atoms with van der Waals surface area (Å²) in [6.45, 7) is 0.668. The number of hydrogen-bond acceptors (Lipinski definition) is 3. The Morgan fingerprint density at radius 1 is 1.21 bits per heavy atom. The zero-order chi connectivity index (χ0) is 14.0. The van der Waals surface area contributed by atoms with E-state index in [9.17, 15) is 17.6 Å². The molecule has 1 aliphatic heterocycles. The highest BCUT2D eigenvalue weighted by atomic mass is 32.2. The summed E-state index contributed by atoms with van der Waals surface area (Å²) in [5.41, 5.74) is 5.15. The molecule has 19 heavy (non-hydrogen) atoms. The van der Waals surface area contributed by atoms with Gasteiger partial charge >= 0.3 is 6.03 Å². The maximum atomic E-state index is 12.8. The molecule has 2 N–H and O–H groups in total. The molecular weight excluding hydrogens is 271 g/mol. The second-order valence-corrected chi connectivity index (χ2v) is 6.75. The van der Waals surface area contributed by atoms with E-state index in [-0.39, 0.29) is 4.90 Å². The number of nitrogens with two attached hydrogens (primary N) is 1. The lowest BCUT2D eigenvalue weighted by atomic mass is 10.1. The topological polar surface area (TPSA) is 80.5 Å². The molecule has 0 spiro atoms. The van der Waals surface area contributed by atoms with Crippen LogP contribution in [0.25, 0.3) is 0 Å². The number of halogens is 1. The summed E-state index contributed by atoms with van der Waals surface area (Å²) in [5, 5.41) is -0.548. The van der Waals surface area contributed by atoms with Crippen molar-refractivity contribution < 1.29 is 17.6 Å².